The number of alkyl halides is 3. The van der Waals surface area contributed by atoms with E-state index in [9.17, 15) is 18.0 Å². The van der Waals surface area contributed by atoms with Crippen molar-refractivity contribution in [3.8, 4) is 0 Å². The van der Waals surface area contributed by atoms with Gasteiger partial charge in [-0.3, -0.25) is 4.79 Å². The Kier molecular flexibility index (Phi) is 3.39. The molecule has 0 aromatic carbocycles. The van der Waals surface area contributed by atoms with E-state index in [1.165, 1.54) is 13.1 Å². The van der Waals surface area contributed by atoms with E-state index in [1.807, 2.05) is 0 Å². The Bertz CT molecular complexity index is 318. The Balaban J connectivity index is 2.64. The first-order valence-electron chi connectivity index (χ1n) is 4.34. The average molecular weight is 220 g/mol. The lowest BCUT2D eigenvalue weighted by Crippen LogP contribution is -2.29. The van der Waals surface area contributed by atoms with Crippen molar-refractivity contribution in [1.29, 1.82) is 0 Å². The van der Waals surface area contributed by atoms with Gasteiger partial charge in [0.2, 0.25) is 5.91 Å². The number of hydrogen-bond donors (Lipinski definition) is 2. The topological polar surface area (TPSA) is 41.1 Å². The lowest BCUT2D eigenvalue weighted by Gasteiger charge is -2.17. The van der Waals surface area contributed by atoms with Crippen molar-refractivity contribution in [3.63, 3.8) is 0 Å². The van der Waals surface area contributed by atoms with E-state index < -0.39 is 11.7 Å². The number of rotatable bonds is 2. The molecule has 0 saturated carbocycles. The number of carbonyl (C=O) groups excluding carboxylic acids is 1. The summed E-state index contributed by atoms with van der Waals surface area (Å²) in [5.74, 6) is -0.275. The fraction of sp³-hybridized carbons (Fsp3) is 0.444. The van der Waals surface area contributed by atoms with Crippen LogP contribution < -0.4 is 10.6 Å². The molecule has 3 nitrogen and oxygen atoms in total. The van der Waals surface area contributed by atoms with Crippen molar-refractivity contribution in [1.82, 2.24) is 10.6 Å². The van der Waals surface area contributed by atoms with Crippen molar-refractivity contribution in [2.75, 3.05) is 13.1 Å². The van der Waals surface area contributed by atoms with E-state index in [-0.39, 0.29) is 19.0 Å². The monoisotopic (exact) mass is 220 g/mol. The molecule has 0 saturated heterocycles. The van der Waals surface area contributed by atoms with Gasteiger partial charge in [-0.2, -0.15) is 13.2 Å². The molecule has 0 aromatic rings. The summed E-state index contributed by atoms with van der Waals surface area (Å²) in [5, 5.41) is 4.94. The molecule has 0 aliphatic carbocycles. The number of amides is 1. The first-order chi connectivity index (χ1) is 6.89. The van der Waals surface area contributed by atoms with Crippen LogP contribution in [0.4, 0.5) is 13.2 Å². The van der Waals surface area contributed by atoms with Gasteiger partial charge in [0.05, 0.1) is 5.57 Å². The van der Waals surface area contributed by atoms with Crippen molar-refractivity contribution in [3.05, 3.63) is 23.4 Å². The van der Waals surface area contributed by atoms with Crippen molar-refractivity contribution >= 4 is 5.91 Å². The van der Waals surface area contributed by atoms with Gasteiger partial charge in [-0.05, 0) is 11.6 Å². The van der Waals surface area contributed by atoms with Crippen LogP contribution in [0.3, 0.4) is 0 Å². The third kappa shape index (κ3) is 3.65. The Hall–Kier alpha value is -1.46. The Labute approximate surface area is 85.0 Å². The molecule has 15 heavy (non-hydrogen) atoms. The predicted molar refractivity (Wildman–Crippen MR) is 48.9 cm³/mol. The molecule has 1 aliphatic heterocycles. The van der Waals surface area contributed by atoms with E-state index >= 15 is 0 Å². The summed E-state index contributed by atoms with van der Waals surface area (Å²) in [5.41, 5.74) is -0.228. The zero-order valence-corrected chi connectivity index (χ0v) is 8.11. The minimum atomic E-state index is -4.32. The second-order valence-electron chi connectivity index (χ2n) is 3.18. The van der Waals surface area contributed by atoms with E-state index in [0.29, 0.717) is 5.57 Å². The number of nitrogens with one attached hydrogen (secondary N) is 2. The highest BCUT2D eigenvalue weighted by atomic mass is 19.4. The number of dihydropyridines is 1. The second-order valence-corrected chi connectivity index (χ2v) is 3.18. The summed E-state index contributed by atoms with van der Waals surface area (Å²) >= 11 is 0. The summed E-state index contributed by atoms with van der Waals surface area (Å²) in [6.07, 6.45) is -1.81. The van der Waals surface area contributed by atoms with Crippen LogP contribution in [0.5, 0.6) is 0 Å². The maximum Gasteiger partial charge on any atom is 0.414 e. The lowest BCUT2D eigenvalue weighted by atomic mass is 10.1. The molecule has 6 heteroatoms. The van der Waals surface area contributed by atoms with Gasteiger partial charge >= 0.3 is 6.18 Å². The summed E-state index contributed by atoms with van der Waals surface area (Å²) in [7, 11) is 0. The molecule has 84 valence electrons. The third-order valence-electron chi connectivity index (χ3n) is 1.85. The molecule has 1 aliphatic rings. The molecule has 1 rings (SSSR count). The molecule has 0 unspecified atom stereocenters. The van der Waals surface area contributed by atoms with E-state index in [0.717, 1.165) is 6.08 Å². The van der Waals surface area contributed by atoms with Crippen LogP contribution >= 0.6 is 0 Å². The molecule has 0 aromatic heterocycles. The maximum atomic E-state index is 12.3. The highest BCUT2D eigenvalue weighted by Crippen LogP contribution is 2.27. The van der Waals surface area contributed by atoms with Gasteiger partial charge in [-0.1, -0.05) is 0 Å². The molecule has 2 N–H and O–H groups in total. The average Bonchev–Trinajstić information content (AvgIpc) is 2.14. The summed E-state index contributed by atoms with van der Waals surface area (Å²) < 4.78 is 36.9. The van der Waals surface area contributed by atoms with Crippen LogP contribution in [-0.2, 0) is 4.79 Å². The lowest BCUT2D eigenvalue weighted by molar-refractivity contribution is -0.118. The van der Waals surface area contributed by atoms with Crippen LogP contribution in [0.2, 0.25) is 0 Å². The highest BCUT2D eigenvalue weighted by molar-refractivity contribution is 5.73. The van der Waals surface area contributed by atoms with E-state index in [2.05, 4.69) is 10.6 Å². The van der Waals surface area contributed by atoms with Gasteiger partial charge in [-0.15, -0.1) is 0 Å². The molecule has 1 heterocycles. The van der Waals surface area contributed by atoms with Crippen molar-refractivity contribution in [2.24, 2.45) is 0 Å². The predicted octanol–water partition coefficient (Wildman–Crippen LogP) is 1.10. The second kappa shape index (κ2) is 4.37. The molecular formula is C9H11F3N2O. The van der Waals surface area contributed by atoms with Gasteiger partial charge in [-0.25, -0.2) is 0 Å². The molecule has 0 bridgehead atoms. The van der Waals surface area contributed by atoms with Crippen LogP contribution in [0.15, 0.2) is 23.4 Å². The van der Waals surface area contributed by atoms with Gasteiger partial charge in [0.25, 0.3) is 0 Å². The normalized spacial score (nSPS) is 16.3. The fourth-order valence-electron chi connectivity index (χ4n) is 1.12. The largest absolute Gasteiger partial charge is 0.414 e. The first kappa shape index (κ1) is 11.6. The van der Waals surface area contributed by atoms with Crippen LogP contribution in [-0.4, -0.2) is 25.2 Å². The van der Waals surface area contributed by atoms with Gasteiger partial charge in [0, 0.05) is 26.2 Å². The Morgan fingerprint density at radius 2 is 2.27 bits per heavy atom. The van der Waals surface area contributed by atoms with Crippen molar-refractivity contribution < 1.29 is 18.0 Å². The molecule has 0 radical (unpaired) electrons. The summed E-state index contributed by atoms with van der Waals surface area (Å²) in [6, 6.07) is 0. The van der Waals surface area contributed by atoms with Crippen LogP contribution in [0.1, 0.15) is 6.92 Å². The number of hydrogen-bond acceptors (Lipinski definition) is 2. The molecule has 0 atom stereocenters. The molecule has 1 amide bonds. The molecule has 0 spiro atoms. The number of carbonyl (C=O) groups is 1. The Morgan fingerprint density at radius 3 is 2.80 bits per heavy atom. The molecular weight excluding hydrogens is 209 g/mol. The number of halogens is 3. The SMILES string of the molecule is CC(=O)NCC1=CNCC(C(F)(F)F)=C1. The van der Waals surface area contributed by atoms with Gasteiger partial charge in [0.1, 0.15) is 0 Å². The van der Waals surface area contributed by atoms with Gasteiger partial charge in [0.15, 0.2) is 0 Å². The third-order valence-corrected chi connectivity index (χ3v) is 1.85. The van der Waals surface area contributed by atoms with Crippen molar-refractivity contribution in [2.45, 2.75) is 13.1 Å². The Morgan fingerprint density at radius 1 is 1.60 bits per heavy atom. The molecule has 0 fully saturated rings. The van der Waals surface area contributed by atoms with Crippen LogP contribution in [0, 0.1) is 0 Å². The zero-order valence-electron chi connectivity index (χ0n) is 8.11. The standard InChI is InChI=1S/C9H11F3N2O/c1-6(15)14-4-7-2-8(5-13-3-7)9(10,11)12/h2-3,13H,4-5H2,1H3,(H,14,15). The zero-order chi connectivity index (χ0) is 11.5. The minimum Gasteiger partial charge on any atom is -0.387 e. The summed E-state index contributed by atoms with van der Waals surface area (Å²) in [4.78, 5) is 10.6. The first-order valence-corrected chi connectivity index (χ1v) is 4.34. The highest BCUT2D eigenvalue weighted by Gasteiger charge is 2.33. The quantitative estimate of drug-likeness (QED) is 0.731. The van der Waals surface area contributed by atoms with E-state index in [4.69, 9.17) is 0 Å². The van der Waals surface area contributed by atoms with Gasteiger partial charge < -0.3 is 10.6 Å². The maximum absolute atomic E-state index is 12.3. The van der Waals surface area contributed by atoms with E-state index in [1.54, 1.807) is 0 Å². The minimum absolute atomic E-state index is 0.0991. The fourth-order valence-corrected chi connectivity index (χ4v) is 1.12. The van der Waals surface area contributed by atoms with Crippen LogP contribution in [0.25, 0.3) is 0 Å². The summed E-state index contributed by atoms with van der Waals surface area (Å²) in [6.45, 7) is 1.18. The smallest absolute Gasteiger partial charge is 0.387 e.